The van der Waals surface area contributed by atoms with Crippen LogP contribution in [-0.2, 0) is 0 Å². The summed E-state index contributed by atoms with van der Waals surface area (Å²) in [5.74, 6) is -0.0394. The SMILES string of the molecule is CCN(CC)C(=O)c1ccncc1Cl. The van der Waals surface area contributed by atoms with Crippen LogP contribution in [0.3, 0.4) is 0 Å². The Morgan fingerprint density at radius 3 is 2.64 bits per heavy atom. The van der Waals surface area contributed by atoms with Crippen molar-refractivity contribution in [3.8, 4) is 0 Å². The topological polar surface area (TPSA) is 33.2 Å². The Morgan fingerprint density at radius 2 is 2.14 bits per heavy atom. The number of amides is 1. The van der Waals surface area contributed by atoms with Gasteiger partial charge < -0.3 is 4.90 Å². The molecule has 3 nitrogen and oxygen atoms in total. The first-order valence-electron chi connectivity index (χ1n) is 4.59. The van der Waals surface area contributed by atoms with Crippen LogP contribution < -0.4 is 0 Å². The monoisotopic (exact) mass is 212 g/mol. The molecule has 0 aliphatic carbocycles. The Kier molecular flexibility index (Phi) is 3.89. The maximum Gasteiger partial charge on any atom is 0.255 e. The number of carbonyl (C=O) groups is 1. The third-order valence-corrected chi connectivity index (χ3v) is 2.35. The lowest BCUT2D eigenvalue weighted by atomic mass is 10.2. The van der Waals surface area contributed by atoms with Crippen LogP contribution in [0, 0.1) is 0 Å². The van der Waals surface area contributed by atoms with Gasteiger partial charge in [-0.05, 0) is 19.9 Å². The van der Waals surface area contributed by atoms with Crippen molar-refractivity contribution >= 4 is 17.5 Å². The number of carbonyl (C=O) groups excluding carboxylic acids is 1. The van der Waals surface area contributed by atoms with Gasteiger partial charge in [-0.15, -0.1) is 0 Å². The molecule has 0 aromatic carbocycles. The van der Waals surface area contributed by atoms with E-state index in [-0.39, 0.29) is 5.91 Å². The molecule has 0 N–H and O–H groups in total. The minimum Gasteiger partial charge on any atom is -0.339 e. The quantitative estimate of drug-likeness (QED) is 0.770. The van der Waals surface area contributed by atoms with E-state index in [0.717, 1.165) is 0 Å². The maximum absolute atomic E-state index is 11.8. The lowest BCUT2D eigenvalue weighted by Crippen LogP contribution is -2.30. The minimum absolute atomic E-state index is 0.0394. The summed E-state index contributed by atoms with van der Waals surface area (Å²) in [5, 5.41) is 0.407. The Hall–Kier alpha value is -1.09. The average molecular weight is 213 g/mol. The highest BCUT2D eigenvalue weighted by atomic mass is 35.5. The zero-order valence-electron chi connectivity index (χ0n) is 8.33. The van der Waals surface area contributed by atoms with Gasteiger partial charge in [0.2, 0.25) is 0 Å². The van der Waals surface area contributed by atoms with Crippen LogP contribution in [0.15, 0.2) is 18.5 Å². The zero-order valence-corrected chi connectivity index (χ0v) is 9.08. The van der Waals surface area contributed by atoms with E-state index < -0.39 is 0 Å². The van der Waals surface area contributed by atoms with Gasteiger partial charge in [0.25, 0.3) is 5.91 Å². The Bertz CT molecular complexity index is 324. The number of hydrogen-bond donors (Lipinski definition) is 0. The zero-order chi connectivity index (χ0) is 10.6. The van der Waals surface area contributed by atoms with Crippen molar-refractivity contribution in [3.63, 3.8) is 0 Å². The standard InChI is InChI=1S/C10H13ClN2O/c1-3-13(4-2)10(14)8-5-6-12-7-9(8)11/h5-7H,3-4H2,1-2H3. The van der Waals surface area contributed by atoms with Crippen molar-refractivity contribution in [1.82, 2.24) is 9.88 Å². The lowest BCUT2D eigenvalue weighted by molar-refractivity contribution is 0.0773. The van der Waals surface area contributed by atoms with Crippen LogP contribution in [0.25, 0.3) is 0 Å². The molecule has 76 valence electrons. The van der Waals surface area contributed by atoms with Gasteiger partial charge in [-0.25, -0.2) is 0 Å². The van der Waals surface area contributed by atoms with E-state index in [1.54, 1.807) is 17.2 Å². The number of aromatic nitrogens is 1. The second-order valence-electron chi connectivity index (χ2n) is 2.83. The molecule has 1 aromatic heterocycles. The number of halogens is 1. The molecule has 0 aliphatic heterocycles. The van der Waals surface area contributed by atoms with Crippen molar-refractivity contribution in [2.45, 2.75) is 13.8 Å². The van der Waals surface area contributed by atoms with Gasteiger partial charge in [-0.2, -0.15) is 0 Å². The molecule has 1 rings (SSSR count). The van der Waals surface area contributed by atoms with Gasteiger partial charge >= 0.3 is 0 Å². The molecular formula is C10H13ClN2O. The molecule has 14 heavy (non-hydrogen) atoms. The number of hydrogen-bond acceptors (Lipinski definition) is 2. The summed E-state index contributed by atoms with van der Waals surface area (Å²) in [6, 6.07) is 1.64. The number of pyridine rings is 1. The second-order valence-corrected chi connectivity index (χ2v) is 3.24. The summed E-state index contributed by atoms with van der Waals surface area (Å²) in [6.07, 6.45) is 3.06. The van der Waals surface area contributed by atoms with E-state index in [1.165, 1.54) is 6.20 Å². The van der Waals surface area contributed by atoms with Crippen LogP contribution in [0.1, 0.15) is 24.2 Å². The largest absolute Gasteiger partial charge is 0.339 e. The summed E-state index contributed by atoms with van der Waals surface area (Å²) in [5.41, 5.74) is 0.519. The molecule has 1 aromatic rings. The van der Waals surface area contributed by atoms with Crippen molar-refractivity contribution in [1.29, 1.82) is 0 Å². The van der Waals surface area contributed by atoms with Gasteiger partial charge in [0.1, 0.15) is 0 Å². The van der Waals surface area contributed by atoms with Crippen LogP contribution in [0.4, 0.5) is 0 Å². The van der Waals surface area contributed by atoms with Crippen molar-refractivity contribution in [2.75, 3.05) is 13.1 Å². The third kappa shape index (κ3) is 2.23. The molecule has 1 amide bonds. The van der Waals surface area contributed by atoms with Crippen LogP contribution >= 0.6 is 11.6 Å². The molecule has 0 atom stereocenters. The molecule has 0 bridgehead atoms. The molecule has 0 saturated heterocycles. The molecule has 0 unspecified atom stereocenters. The first-order valence-corrected chi connectivity index (χ1v) is 4.97. The predicted molar refractivity (Wildman–Crippen MR) is 56.5 cm³/mol. The van der Waals surface area contributed by atoms with Gasteiger partial charge in [0.05, 0.1) is 10.6 Å². The van der Waals surface area contributed by atoms with Gasteiger partial charge in [-0.1, -0.05) is 11.6 Å². The summed E-state index contributed by atoms with van der Waals surface area (Å²) >= 11 is 5.87. The predicted octanol–water partition coefficient (Wildman–Crippen LogP) is 2.22. The fraction of sp³-hybridized carbons (Fsp3) is 0.400. The Morgan fingerprint density at radius 1 is 1.50 bits per heavy atom. The van der Waals surface area contributed by atoms with E-state index in [1.807, 2.05) is 13.8 Å². The molecule has 0 saturated carbocycles. The summed E-state index contributed by atoms with van der Waals surface area (Å²) in [6.45, 7) is 5.26. The highest BCUT2D eigenvalue weighted by Gasteiger charge is 2.14. The Balaban J connectivity index is 2.94. The minimum atomic E-state index is -0.0394. The fourth-order valence-electron chi connectivity index (χ4n) is 1.23. The van der Waals surface area contributed by atoms with Gasteiger partial charge in [0, 0.05) is 25.5 Å². The molecule has 0 radical (unpaired) electrons. The number of nitrogens with zero attached hydrogens (tertiary/aromatic N) is 2. The third-order valence-electron chi connectivity index (χ3n) is 2.05. The molecule has 4 heteroatoms. The van der Waals surface area contributed by atoms with E-state index in [4.69, 9.17) is 11.6 Å². The molecule has 0 fully saturated rings. The molecular weight excluding hydrogens is 200 g/mol. The van der Waals surface area contributed by atoms with Crippen LogP contribution in [-0.4, -0.2) is 28.9 Å². The second kappa shape index (κ2) is 4.96. The Labute approximate surface area is 88.7 Å². The molecule has 1 heterocycles. The summed E-state index contributed by atoms with van der Waals surface area (Å²) in [4.78, 5) is 17.4. The van der Waals surface area contributed by atoms with E-state index >= 15 is 0 Å². The molecule has 0 spiro atoms. The van der Waals surface area contributed by atoms with E-state index in [0.29, 0.717) is 23.7 Å². The van der Waals surface area contributed by atoms with Crippen LogP contribution in [0.5, 0.6) is 0 Å². The first kappa shape index (κ1) is 11.0. The van der Waals surface area contributed by atoms with E-state index in [9.17, 15) is 4.79 Å². The van der Waals surface area contributed by atoms with Crippen LogP contribution in [0.2, 0.25) is 5.02 Å². The van der Waals surface area contributed by atoms with Crippen molar-refractivity contribution in [2.24, 2.45) is 0 Å². The lowest BCUT2D eigenvalue weighted by Gasteiger charge is -2.18. The fourth-order valence-corrected chi connectivity index (χ4v) is 1.43. The van der Waals surface area contributed by atoms with Gasteiger partial charge in [-0.3, -0.25) is 9.78 Å². The van der Waals surface area contributed by atoms with E-state index in [2.05, 4.69) is 4.98 Å². The van der Waals surface area contributed by atoms with Crippen molar-refractivity contribution in [3.05, 3.63) is 29.0 Å². The highest BCUT2D eigenvalue weighted by molar-refractivity contribution is 6.33. The maximum atomic E-state index is 11.8. The average Bonchev–Trinajstić information content (AvgIpc) is 2.20. The summed E-state index contributed by atoms with van der Waals surface area (Å²) < 4.78 is 0. The van der Waals surface area contributed by atoms with Crippen molar-refractivity contribution < 1.29 is 4.79 Å². The first-order chi connectivity index (χ1) is 6.70. The smallest absolute Gasteiger partial charge is 0.255 e. The highest BCUT2D eigenvalue weighted by Crippen LogP contribution is 2.15. The normalized spacial score (nSPS) is 9.93. The summed E-state index contributed by atoms with van der Waals surface area (Å²) in [7, 11) is 0. The number of rotatable bonds is 3. The molecule has 0 aliphatic rings. The van der Waals surface area contributed by atoms with Gasteiger partial charge in [0.15, 0.2) is 0 Å².